The smallest absolute Gasteiger partial charge is 0.255 e. The lowest BCUT2D eigenvalue weighted by atomic mass is 9.99. The number of nitrogens with zero attached hydrogens (tertiary/aromatic N) is 1. The summed E-state index contributed by atoms with van der Waals surface area (Å²) in [6.45, 7) is 5.60. The first-order chi connectivity index (χ1) is 11.6. The number of carbonyl (C=O) groups is 1. The van der Waals surface area contributed by atoms with Crippen LogP contribution in [-0.4, -0.2) is 23.9 Å². The van der Waals surface area contributed by atoms with Crippen molar-refractivity contribution >= 4 is 23.2 Å². The van der Waals surface area contributed by atoms with Crippen molar-refractivity contribution in [2.45, 2.75) is 26.3 Å². The molecule has 1 heterocycles. The Labute approximate surface area is 148 Å². The largest absolute Gasteiger partial charge is 0.321 e. The molecule has 1 fully saturated rings. The Kier molecular flexibility index (Phi) is 5.54. The van der Waals surface area contributed by atoms with E-state index in [0.29, 0.717) is 16.3 Å². The molecule has 0 aromatic heterocycles. The van der Waals surface area contributed by atoms with E-state index in [9.17, 15) is 4.79 Å². The van der Waals surface area contributed by atoms with Crippen LogP contribution in [0.15, 0.2) is 48.5 Å². The van der Waals surface area contributed by atoms with Crippen molar-refractivity contribution in [2.75, 3.05) is 18.4 Å². The molecule has 1 atom stereocenters. The molecule has 2 aromatic rings. The van der Waals surface area contributed by atoms with Crippen LogP contribution in [0.4, 0.5) is 5.69 Å². The SMILES string of the molecule is C[C@@H]1CCCN(Cc2ccc(C(=O)Nc3ccccc3Cl)cc2)C1. The van der Waals surface area contributed by atoms with Gasteiger partial charge >= 0.3 is 0 Å². The summed E-state index contributed by atoms with van der Waals surface area (Å²) in [6.07, 6.45) is 2.61. The minimum Gasteiger partial charge on any atom is -0.321 e. The number of rotatable bonds is 4. The monoisotopic (exact) mass is 342 g/mol. The van der Waals surface area contributed by atoms with Gasteiger partial charge in [0.15, 0.2) is 0 Å². The second-order valence-electron chi connectivity index (χ2n) is 6.61. The Balaban J connectivity index is 1.61. The Morgan fingerprint density at radius 3 is 2.67 bits per heavy atom. The quantitative estimate of drug-likeness (QED) is 0.863. The van der Waals surface area contributed by atoms with Gasteiger partial charge in [-0.1, -0.05) is 42.8 Å². The summed E-state index contributed by atoms with van der Waals surface area (Å²) in [7, 11) is 0. The number of anilines is 1. The van der Waals surface area contributed by atoms with Crippen molar-refractivity contribution in [1.29, 1.82) is 0 Å². The number of hydrogen-bond donors (Lipinski definition) is 1. The lowest BCUT2D eigenvalue weighted by molar-refractivity contribution is 0.102. The topological polar surface area (TPSA) is 32.3 Å². The molecule has 3 rings (SSSR count). The summed E-state index contributed by atoms with van der Waals surface area (Å²) in [5.41, 5.74) is 2.53. The fraction of sp³-hybridized carbons (Fsp3) is 0.350. The van der Waals surface area contributed by atoms with E-state index >= 15 is 0 Å². The zero-order valence-electron chi connectivity index (χ0n) is 14.0. The van der Waals surface area contributed by atoms with E-state index in [1.807, 2.05) is 36.4 Å². The molecule has 0 saturated carbocycles. The highest BCUT2D eigenvalue weighted by Crippen LogP contribution is 2.22. The van der Waals surface area contributed by atoms with Gasteiger partial charge in [0.05, 0.1) is 10.7 Å². The molecule has 24 heavy (non-hydrogen) atoms. The van der Waals surface area contributed by atoms with Crippen molar-refractivity contribution in [2.24, 2.45) is 5.92 Å². The number of amides is 1. The molecule has 0 aliphatic carbocycles. The lowest BCUT2D eigenvalue weighted by Gasteiger charge is -2.30. The predicted molar refractivity (Wildman–Crippen MR) is 99.5 cm³/mol. The molecule has 1 aliphatic heterocycles. The predicted octanol–water partition coefficient (Wildman–Crippen LogP) is 4.82. The van der Waals surface area contributed by atoms with Gasteiger partial charge in [-0.15, -0.1) is 0 Å². The maximum atomic E-state index is 12.3. The number of para-hydroxylation sites is 1. The van der Waals surface area contributed by atoms with E-state index in [1.165, 1.54) is 24.9 Å². The minimum absolute atomic E-state index is 0.138. The van der Waals surface area contributed by atoms with Crippen LogP contribution in [0.2, 0.25) is 5.02 Å². The second-order valence-corrected chi connectivity index (χ2v) is 7.02. The standard InChI is InChI=1S/C20H23ClN2O/c1-15-5-4-12-23(13-15)14-16-8-10-17(11-9-16)20(24)22-19-7-3-2-6-18(19)21/h2-3,6-11,15H,4-5,12-14H2,1H3,(H,22,24)/t15-/m1/s1. The highest BCUT2D eigenvalue weighted by atomic mass is 35.5. The molecule has 1 amide bonds. The fourth-order valence-electron chi connectivity index (χ4n) is 3.21. The molecule has 1 N–H and O–H groups in total. The first-order valence-corrected chi connectivity index (χ1v) is 8.87. The molecule has 3 nitrogen and oxygen atoms in total. The average Bonchev–Trinajstić information content (AvgIpc) is 2.57. The van der Waals surface area contributed by atoms with E-state index in [1.54, 1.807) is 12.1 Å². The highest BCUT2D eigenvalue weighted by Gasteiger charge is 2.16. The van der Waals surface area contributed by atoms with Crippen molar-refractivity contribution in [3.8, 4) is 0 Å². The van der Waals surface area contributed by atoms with Gasteiger partial charge in [0.2, 0.25) is 0 Å². The Morgan fingerprint density at radius 2 is 1.96 bits per heavy atom. The number of nitrogens with one attached hydrogen (secondary N) is 1. The minimum atomic E-state index is -0.138. The van der Waals surface area contributed by atoms with Crippen LogP contribution in [-0.2, 0) is 6.54 Å². The third-order valence-corrected chi connectivity index (χ3v) is 4.82. The van der Waals surface area contributed by atoms with Crippen LogP contribution in [0.5, 0.6) is 0 Å². The highest BCUT2D eigenvalue weighted by molar-refractivity contribution is 6.33. The molecule has 0 bridgehead atoms. The molecular formula is C20H23ClN2O. The van der Waals surface area contributed by atoms with E-state index < -0.39 is 0 Å². The number of carbonyl (C=O) groups excluding carboxylic acids is 1. The van der Waals surface area contributed by atoms with Crippen LogP contribution in [0.3, 0.4) is 0 Å². The average molecular weight is 343 g/mol. The normalized spacial score (nSPS) is 18.3. The molecule has 0 radical (unpaired) electrons. The van der Waals surface area contributed by atoms with Gasteiger partial charge in [0.1, 0.15) is 0 Å². The summed E-state index contributed by atoms with van der Waals surface area (Å²) >= 11 is 6.08. The van der Waals surface area contributed by atoms with Gasteiger partial charge in [-0.3, -0.25) is 9.69 Å². The van der Waals surface area contributed by atoms with Gasteiger partial charge in [0.25, 0.3) is 5.91 Å². The summed E-state index contributed by atoms with van der Waals surface area (Å²) in [6, 6.07) is 15.1. The summed E-state index contributed by atoms with van der Waals surface area (Å²) in [4.78, 5) is 14.8. The van der Waals surface area contributed by atoms with E-state index in [0.717, 1.165) is 19.0 Å². The first kappa shape index (κ1) is 17.0. The Bertz CT molecular complexity index is 699. The van der Waals surface area contributed by atoms with Gasteiger partial charge in [-0.25, -0.2) is 0 Å². The summed E-state index contributed by atoms with van der Waals surface area (Å²) in [5.74, 6) is 0.640. The van der Waals surface area contributed by atoms with Gasteiger partial charge < -0.3 is 5.32 Å². The van der Waals surface area contributed by atoms with Crippen LogP contribution in [0.1, 0.15) is 35.7 Å². The molecule has 0 spiro atoms. The van der Waals surface area contributed by atoms with Crippen LogP contribution >= 0.6 is 11.6 Å². The van der Waals surface area contributed by atoms with Gasteiger partial charge in [-0.2, -0.15) is 0 Å². The lowest BCUT2D eigenvalue weighted by Crippen LogP contribution is -2.33. The molecule has 126 valence electrons. The van der Waals surface area contributed by atoms with Crippen LogP contribution in [0.25, 0.3) is 0 Å². The molecule has 4 heteroatoms. The van der Waals surface area contributed by atoms with Crippen LogP contribution in [0, 0.1) is 5.92 Å². The van der Waals surface area contributed by atoms with E-state index in [4.69, 9.17) is 11.6 Å². The van der Waals surface area contributed by atoms with E-state index in [2.05, 4.69) is 17.1 Å². The maximum absolute atomic E-state index is 12.3. The molecule has 0 unspecified atom stereocenters. The number of hydrogen-bond acceptors (Lipinski definition) is 2. The Hall–Kier alpha value is -1.84. The van der Waals surface area contributed by atoms with Crippen molar-refractivity contribution in [3.63, 3.8) is 0 Å². The second kappa shape index (κ2) is 7.82. The van der Waals surface area contributed by atoms with Crippen molar-refractivity contribution in [3.05, 3.63) is 64.7 Å². The van der Waals surface area contributed by atoms with Crippen LogP contribution < -0.4 is 5.32 Å². The number of halogens is 1. The molecule has 2 aromatic carbocycles. The molecule has 1 aliphatic rings. The summed E-state index contributed by atoms with van der Waals surface area (Å²) in [5, 5.41) is 3.40. The fourth-order valence-corrected chi connectivity index (χ4v) is 3.39. The third kappa shape index (κ3) is 4.37. The van der Waals surface area contributed by atoms with Gasteiger partial charge in [0, 0.05) is 18.7 Å². The zero-order valence-corrected chi connectivity index (χ0v) is 14.7. The third-order valence-electron chi connectivity index (χ3n) is 4.49. The number of piperidine rings is 1. The number of likely N-dealkylation sites (tertiary alicyclic amines) is 1. The van der Waals surface area contributed by atoms with Gasteiger partial charge in [-0.05, 0) is 55.1 Å². The molecular weight excluding hydrogens is 320 g/mol. The number of benzene rings is 2. The molecule has 1 saturated heterocycles. The first-order valence-electron chi connectivity index (χ1n) is 8.49. The Morgan fingerprint density at radius 1 is 1.21 bits per heavy atom. The van der Waals surface area contributed by atoms with Crippen molar-refractivity contribution < 1.29 is 4.79 Å². The summed E-state index contributed by atoms with van der Waals surface area (Å²) < 4.78 is 0. The van der Waals surface area contributed by atoms with Crippen molar-refractivity contribution in [1.82, 2.24) is 4.90 Å². The maximum Gasteiger partial charge on any atom is 0.255 e. The van der Waals surface area contributed by atoms with E-state index in [-0.39, 0.29) is 5.91 Å². The zero-order chi connectivity index (χ0) is 16.9.